The Kier molecular flexibility index (Phi) is 5.73. The highest BCUT2D eigenvalue weighted by molar-refractivity contribution is 6.01. The van der Waals surface area contributed by atoms with Gasteiger partial charge < -0.3 is 24.8 Å². The molecule has 3 N–H and O–H groups in total. The largest absolute Gasteiger partial charge is 0.497 e. The van der Waals surface area contributed by atoms with E-state index in [9.17, 15) is 9.59 Å². The van der Waals surface area contributed by atoms with Crippen LogP contribution in [0.1, 0.15) is 44.6 Å². The second kappa shape index (κ2) is 8.21. The molecule has 0 spiro atoms. The number of ether oxygens (including phenoxy) is 2. The Morgan fingerprint density at radius 1 is 1.21 bits per heavy atom. The molecule has 0 aliphatic rings. The van der Waals surface area contributed by atoms with Crippen molar-refractivity contribution < 1.29 is 19.1 Å². The molecule has 0 radical (unpaired) electrons. The van der Waals surface area contributed by atoms with Gasteiger partial charge in [-0.1, -0.05) is 0 Å². The lowest BCUT2D eigenvalue weighted by molar-refractivity contribution is 0.0519. The molecule has 0 aliphatic carbocycles. The summed E-state index contributed by atoms with van der Waals surface area (Å²) >= 11 is 0. The number of esters is 1. The molecule has 0 saturated carbocycles. The van der Waals surface area contributed by atoms with E-state index >= 15 is 0 Å². The molecule has 7 nitrogen and oxygen atoms in total. The van der Waals surface area contributed by atoms with E-state index in [2.05, 4.69) is 15.3 Å². The predicted octanol–water partition coefficient (Wildman–Crippen LogP) is 3.27. The Morgan fingerprint density at radius 2 is 2.00 bits per heavy atom. The Morgan fingerprint density at radius 3 is 2.71 bits per heavy atom. The standard InChI is InChI=1S/C21H25N3O4/c1-5-28-21(26)19-12(2)18(13(3)24-19)20(25)22-9-8-14-11-23-17-7-6-15(27-4)10-16(14)17/h6-7,10-11,23-24H,5,8-9H2,1-4H3,(H,22,25). The molecular formula is C21H25N3O4. The van der Waals surface area contributed by atoms with Crippen LogP contribution >= 0.6 is 0 Å². The van der Waals surface area contributed by atoms with Gasteiger partial charge in [0.2, 0.25) is 0 Å². The summed E-state index contributed by atoms with van der Waals surface area (Å²) in [6.45, 7) is 6.03. The number of amides is 1. The Hall–Kier alpha value is -3.22. The molecule has 2 aromatic heterocycles. The van der Waals surface area contributed by atoms with Crippen LogP contribution in [0.3, 0.4) is 0 Å². The minimum Gasteiger partial charge on any atom is -0.497 e. The van der Waals surface area contributed by atoms with Crippen LogP contribution in [0.15, 0.2) is 24.4 Å². The number of nitrogens with one attached hydrogen (secondary N) is 3. The number of aromatic nitrogens is 2. The normalized spacial score (nSPS) is 10.9. The summed E-state index contributed by atoms with van der Waals surface area (Å²) in [5.41, 5.74) is 4.19. The number of carbonyl (C=O) groups is 2. The van der Waals surface area contributed by atoms with Crippen LogP contribution in [0.4, 0.5) is 0 Å². The van der Waals surface area contributed by atoms with Crippen molar-refractivity contribution in [3.8, 4) is 5.75 Å². The van der Waals surface area contributed by atoms with E-state index in [1.54, 1.807) is 27.9 Å². The number of aromatic amines is 2. The summed E-state index contributed by atoms with van der Waals surface area (Å²) in [4.78, 5) is 30.9. The van der Waals surface area contributed by atoms with Crippen LogP contribution < -0.4 is 10.1 Å². The van der Waals surface area contributed by atoms with Gasteiger partial charge >= 0.3 is 5.97 Å². The maximum atomic E-state index is 12.7. The van der Waals surface area contributed by atoms with Crippen LogP contribution in [0.25, 0.3) is 10.9 Å². The lowest BCUT2D eigenvalue weighted by Gasteiger charge is -2.06. The van der Waals surface area contributed by atoms with Gasteiger partial charge in [-0.25, -0.2) is 4.79 Å². The highest BCUT2D eigenvalue weighted by Gasteiger charge is 2.22. The molecule has 1 aromatic carbocycles. The fourth-order valence-corrected chi connectivity index (χ4v) is 3.39. The third-order valence-corrected chi connectivity index (χ3v) is 4.80. The van der Waals surface area contributed by atoms with E-state index in [0.29, 0.717) is 35.5 Å². The maximum Gasteiger partial charge on any atom is 0.355 e. The maximum absolute atomic E-state index is 12.7. The number of hydrogen-bond donors (Lipinski definition) is 3. The van der Waals surface area contributed by atoms with Crippen LogP contribution in [0, 0.1) is 13.8 Å². The van der Waals surface area contributed by atoms with E-state index in [-0.39, 0.29) is 12.5 Å². The second-order valence-corrected chi connectivity index (χ2v) is 6.58. The molecule has 1 amide bonds. The molecule has 0 unspecified atom stereocenters. The molecule has 2 heterocycles. The van der Waals surface area contributed by atoms with Crippen molar-refractivity contribution in [3.05, 3.63) is 52.5 Å². The van der Waals surface area contributed by atoms with Crippen LogP contribution in [0.2, 0.25) is 0 Å². The Bertz CT molecular complexity index is 1020. The third-order valence-electron chi connectivity index (χ3n) is 4.80. The van der Waals surface area contributed by atoms with Crippen molar-refractivity contribution in [1.29, 1.82) is 0 Å². The minimum absolute atomic E-state index is 0.209. The summed E-state index contributed by atoms with van der Waals surface area (Å²) in [7, 11) is 1.64. The van der Waals surface area contributed by atoms with Crippen LogP contribution in [-0.2, 0) is 11.2 Å². The van der Waals surface area contributed by atoms with Crippen LogP contribution in [-0.4, -0.2) is 42.1 Å². The van der Waals surface area contributed by atoms with Gasteiger partial charge in [0.1, 0.15) is 11.4 Å². The quantitative estimate of drug-likeness (QED) is 0.546. The Balaban J connectivity index is 1.69. The number of benzene rings is 1. The van der Waals surface area contributed by atoms with E-state index in [0.717, 1.165) is 22.2 Å². The zero-order valence-electron chi connectivity index (χ0n) is 16.6. The van der Waals surface area contributed by atoms with E-state index in [4.69, 9.17) is 9.47 Å². The van der Waals surface area contributed by atoms with Gasteiger partial charge in [0, 0.05) is 29.3 Å². The van der Waals surface area contributed by atoms with Crippen molar-refractivity contribution >= 4 is 22.8 Å². The third kappa shape index (κ3) is 3.74. The molecule has 3 aromatic rings. The molecule has 0 saturated heterocycles. The first kappa shape index (κ1) is 19.5. The van der Waals surface area contributed by atoms with E-state index in [1.807, 2.05) is 24.4 Å². The van der Waals surface area contributed by atoms with Gasteiger partial charge in [0.15, 0.2) is 0 Å². The van der Waals surface area contributed by atoms with Gasteiger partial charge in [0.25, 0.3) is 5.91 Å². The van der Waals surface area contributed by atoms with E-state index < -0.39 is 5.97 Å². The monoisotopic (exact) mass is 383 g/mol. The van der Waals surface area contributed by atoms with Gasteiger partial charge in [-0.05, 0) is 56.5 Å². The molecule has 148 valence electrons. The number of hydrogen-bond acceptors (Lipinski definition) is 4. The van der Waals surface area contributed by atoms with Crippen molar-refractivity contribution in [3.63, 3.8) is 0 Å². The second-order valence-electron chi connectivity index (χ2n) is 6.58. The average Bonchev–Trinajstić information content (AvgIpc) is 3.21. The predicted molar refractivity (Wildman–Crippen MR) is 107 cm³/mol. The molecular weight excluding hydrogens is 358 g/mol. The first-order valence-corrected chi connectivity index (χ1v) is 9.24. The molecule has 0 fully saturated rings. The molecule has 0 aliphatic heterocycles. The fraction of sp³-hybridized carbons (Fsp3) is 0.333. The zero-order valence-corrected chi connectivity index (χ0v) is 16.6. The number of aryl methyl sites for hydroxylation is 1. The summed E-state index contributed by atoms with van der Waals surface area (Å²) < 4.78 is 10.3. The van der Waals surface area contributed by atoms with Gasteiger partial charge in [0.05, 0.1) is 19.3 Å². The van der Waals surface area contributed by atoms with Gasteiger partial charge in [-0.3, -0.25) is 4.79 Å². The Labute approximate surface area is 163 Å². The molecule has 28 heavy (non-hydrogen) atoms. The smallest absolute Gasteiger partial charge is 0.355 e. The molecule has 7 heteroatoms. The number of methoxy groups -OCH3 is 1. The average molecular weight is 383 g/mol. The van der Waals surface area contributed by atoms with Gasteiger partial charge in [-0.15, -0.1) is 0 Å². The highest BCUT2D eigenvalue weighted by Crippen LogP contribution is 2.24. The number of rotatable bonds is 7. The summed E-state index contributed by atoms with van der Waals surface area (Å²) in [6.07, 6.45) is 2.62. The van der Waals surface area contributed by atoms with Crippen LogP contribution in [0.5, 0.6) is 5.75 Å². The molecule has 0 atom stereocenters. The topological polar surface area (TPSA) is 96.2 Å². The van der Waals surface area contributed by atoms with Crippen molar-refractivity contribution in [2.24, 2.45) is 0 Å². The number of H-pyrrole nitrogens is 2. The van der Waals surface area contributed by atoms with Crippen molar-refractivity contribution in [2.75, 3.05) is 20.3 Å². The lowest BCUT2D eigenvalue weighted by atomic mass is 10.1. The summed E-state index contributed by atoms with van der Waals surface area (Å²) in [6, 6.07) is 5.86. The van der Waals surface area contributed by atoms with E-state index in [1.165, 1.54) is 0 Å². The first-order chi connectivity index (χ1) is 13.5. The van der Waals surface area contributed by atoms with Crippen molar-refractivity contribution in [1.82, 2.24) is 15.3 Å². The minimum atomic E-state index is -0.449. The molecule has 0 bridgehead atoms. The fourth-order valence-electron chi connectivity index (χ4n) is 3.39. The zero-order chi connectivity index (χ0) is 20.3. The molecule has 3 rings (SSSR count). The summed E-state index contributed by atoms with van der Waals surface area (Å²) in [5, 5.41) is 4.02. The summed E-state index contributed by atoms with van der Waals surface area (Å²) in [5.74, 6) is 0.136. The van der Waals surface area contributed by atoms with Crippen molar-refractivity contribution in [2.45, 2.75) is 27.2 Å². The first-order valence-electron chi connectivity index (χ1n) is 9.24. The SMILES string of the molecule is CCOC(=O)c1[nH]c(C)c(C(=O)NCCc2c[nH]c3ccc(OC)cc23)c1C. The number of fused-ring (bicyclic) bond motifs is 1. The highest BCUT2D eigenvalue weighted by atomic mass is 16.5. The lowest BCUT2D eigenvalue weighted by Crippen LogP contribution is -2.26. The number of carbonyl (C=O) groups excluding carboxylic acids is 2. The van der Waals surface area contributed by atoms with Gasteiger partial charge in [-0.2, -0.15) is 0 Å².